The average Bonchev–Trinajstić information content (AvgIpc) is 2.67. The molecule has 1 fully saturated rings. The Hall–Kier alpha value is -0.860. The second-order valence-corrected chi connectivity index (χ2v) is 6.39. The second kappa shape index (κ2) is 7.80. The van der Waals surface area contributed by atoms with Gasteiger partial charge >= 0.3 is 0 Å². The van der Waals surface area contributed by atoms with Crippen LogP contribution in [-0.2, 0) is 6.42 Å². The number of nitrogens with one attached hydrogen (secondary N) is 1. The zero-order valence-electron chi connectivity index (χ0n) is 13.4. The van der Waals surface area contributed by atoms with E-state index in [-0.39, 0.29) is 0 Å². The third-order valence-corrected chi connectivity index (χ3v) is 4.58. The molecule has 0 amide bonds. The lowest BCUT2D eigenvalue weighted by Gasteiger charge is -2.24. The molecule has 1 aromatic carbocycles. The first kappa shape index (κ1) is 15.5. The zero-order chi connectivity index (χ0) is 14.4. The van der Waals surface area contributed by atoms with Gasteiger partial charge in [0.05, 0.1) is 0 Å². The first-order valence-electron chi connectivity index (χ1n) is 8.18. The Morgan fingerprint density at radius 3 is 2.75 bits per heavy atom. The minimum atomic E-state index is 0.695. The number of hydrogen-bond acceptors (Lipinski definition) is 2. The van der Waals surface area contributed by atoms with Crippen molar-refractivity contribution in [1.29, 1.82) is 0 Å². The van der Waals surface area contributed by atoms with E-state index in [1.165, 1.54) is 43.5 Å². The van der Waals surface area contributed by atoms with E-state index in [0.717, 1.165) is 13.0 Å². The monoisotopic (exact) mass is 274 g/mol. The molecule has 1 atom stereocenters. The second-order valence-electron chi connectivity index (χ2n) is 6.39. The average molecular weight is 274 g/mol. The third kappa shape index (κ3) is 4.60. The van der Waals surface area contributed by atoms with Crippen LogP contribution in [0.15, 0.2) is 24.3 Å². The van der Waals surface area contributed by atoms with Crippen LogP contribution < -0.4 is 5.32 Å². The van der Waals surface area contributed by atoms with Gasteiger partial charge in [-0.25, -0.2) is 0 Å². The van der Waals surface area contributed by atoms with E-state index < -0.39 is 0 Å². The van der Waals surface area contributed by atoms with Crippen LogP contribution in [-0.4, -0.2) is 36.6 Å². The van der Waals surface area contributed by atoms with Crippen molar-refractivity contribution < 1.29 is 0 Å². The van der Waals surface area contributed by atoms with Crippen LogP contribution in [0.25, 0.3) is 0 Å². The maximum Gasteiger partial charge on any atom is 0.00798 e. The normalized spacial score (nSPS) is 21.1. The van der Waals surface area contributed by atoms with Gasteiger partial charge < -0.3 is 10.2 Å². The molecule has 2 rings (SSSR count). The van der Waals surface area contributed by atoms with E-state index in [0.29, 0.717) is 12.1 Å². The Labute approximate surface area is 124 Å². The molecule has 0 radical (unpaired) electrons. The van der Waals surface area contributed by atoms with Crippen molar-refractivity contribution in [3.8, 4) is 0 Å². The van der Waals surface area contributed by atoms with E-state index in [1.54, 1.807) is 0 Å². The molecule has 1 heterocycles. The molecule has 0 saturated carbocycles. The maximum absolute atomic E-state index is 3.77. The summed E-state index contributed by atoms with van der Waals surface area (Å²) >= 11 is 0. The van der Waals surface area contributed by atoms with E-state index in [1.807, 2.05) is 0 Å². The molecule has 0 aliphatic carbocycles. The molecule has 1 aromatic rings. The highest BCUT2D eigenvalue weighted by molar-refractivity contribution is 5.25. The molecule has 1 aliphatic rings. The Kier molecular flexibility index (Phi) is 6.06. The van der Waals surface area contributed by atoms with Crippen molar-refractivity contribution in [2.75, 3.05) is 19.6 Å². The first-order chi connectivity index (χ1) is 9.66. The molecule has 20 heavy (non-hydrogen) atoms. The third-order valence-electron chi connectivity index (χ3n) is 4.58. The number of likely N-dealkylation sites (tertiary alicyclic amines) is 1. The highest BCUT2D eigenvalue weighted by Crippen LogP contribution is 2.14. The van der Waals surface area contributed by atoms with Crippen LogP contribution >= 0.6 is 0 Å². The summed E-state index contributed by atoms with van der Waals surface area (Å²) in [4.78, 5) is 2.61. The first-order valence-corrected chi connectivity index (χ1v) is 8.18. The van der Waals surface area contributed by atoms with Crippen molar-refractivity contribution in [2.24, 2.45) is 0 Å². The lowest BCUT2D eigenvalue weighted by atomic mass is 10.1. The molecule has 112 valence electrons. The van der Waals surface area contributed by atoms with Gasteiger partial charge in [-0.1, -0.05) is 24.3 Å². The van der Waals surface area contributed by atoms with Crippen LogP contribution in [0, 0.1) is 6.92 Å². The molecule has 0 bridgehead atoms. The zero-order valence-corrected chi connectivity index (χ0v) is 13.4. The van der Waals surface area contributed by atoms with Gasteiger partial charge in [-0.2, -0.15) is 0 Å². The van der Waals surface area contributed by atoms with E-state index in [9.17, 15) is 0 Å². The van der Waals surface area contributed by atoms with Crippen molar-refractivity contribution in [1.82, 2.24) is 10.2 Å². The van der Waals surface area contributed by atoms with Crippen LogP contribution in [0.3, 0.4) is 0 Å². The number of rotatable bonds is 5. The van der Waals surface area contributed by atoms with Gasteiger partial charge in [-0.3, -0.25) is 0 Å². The topological polar surface area (TPSA) is 15.3 Å². The molecule has 0 aromatic heterocycles. The van der Waals surface area contributed by atoms with Crippen LogP contribution in [0.4, 0.5) is 0 Å². The molecular weight excluding hydrogens is 244 g/mol. The predicted molar refractivity (Wildman–Crippen MR) is 87.2 cm³/mol. The summed E-state index contributed by atoms with van der Waals surface area (Å²) in [5, 5.41) is 3.77. The molecule has 1 unspecified atom stereocenters. The van der Waals surface area contributed by atoms with E-state index in [4.69, 9.17) is 0 Å². The highest BCUT2D eigenvalue weighted by atomic mass is 15.1. The minimum Gasteiger partial charge on any atom is -0.314 e. The number of nitrogens with zero attached hydrogens (tertiary/aromatic N) is 1. The molecular formula is C18H30N2. The Balaban J connectivity index is 1.73. The fraction of sp³-hybridized carbons (Fsp3) is 0.667. The van der Waals surface area contributed by atoms with Gasteiger partial charge in [-0.05, 0) is 77.2 Å². The molecule has 1 N–H and O–H groups in total. The molecule has 2 heteroatoms. The Bertz CT molecular complexity index is 400. The lowest BCUT2D eigenvalue weighted by molar-refractivity contribution is 0.229. The van der Waals surface area contributed by atoms with Gasteiger partial charge in [0.15, 0.2) is 0 Å². The van der Waals surface area contributed by atoms with Crippen molar-refractivity contribution in [3.05, 3.63) is 35.4 Å². The summed E-state index contributed by atoms with van der Waals surface area (Å²) in [6, 6.07) is 10.1. The van der Waals surface area contributed by atoms with Crippen molar-refractivity contribution >= 4 is 0 Å². The number of benzene rings is 1. The highest BCUT2D eigenvalue weighted by Gasteiger charge is 2.17. The lowest BCUT2D eigenvalue weighted by Crippen LogP contribution is -2.34. The summed E-state index contributed by atoms with van der Waals surface area (Å²) in [5.41, 5.74) is 2.90. The summed E-state index contributed by atoms with van der Waals surface area (Å²) in [6.45, 7) is 10.5. The molecule has 1 aliphatic heterocycles. The largest absolute Gasteiger partial charge is 0.314 e. The fourth-order valence-electron chi connectivity index (χ4n) is 3.14. The smallest absolute Gasteiger partial charge is 0.00798 e. The van der Waals surface area contributed by atoms with Crippen molar-refractivity contribution in [2.45, 2.75) is 58.5 Å². The van der Waals surface area contributed by atoms with Crippen LogP contribution in [0.1, 0.15) is 44.2 Å². The van der Waals surface area contributed by atoms with Gasteiger partial charge in [0.2, 0.25) is 0 Å². The predicted octanol–water partition coefficient (Wildman–Crippen LogP) is 3.39. The van der Waals surface area contributed by atoms with Gasteiger partial charge in [-0.15, -0.1) is 0 Å². The van der Waals surface area contributed by atoms with Crippen LogP contribution in [0.2, 0.25) is 0 Å². The molecule has 1 saturated heterocycles. The summed E-state index contributed by atoms with van der Waals surface area (Å²) in [7, 11) is 0. The van der Waals surface area contributed by atoms with Crippen LogP contribution in [0.5, 0.6) is 0 Å². The Morgan fingerprint density at radius 1 is 1.20 bits per heavy atom. The van der Waals surface area contributed by atoms with E-state index >= 15 is 0 Å². The summed E-state index contributed by atoms with van der Waals surface area (Å²) in [5.74, 6) is 0. The minimum absolute atomic E-state index is 0.695. The number of aryl methyl sites for hydroxylation is 1. The maximum atomic E-state index is 3.77. The summed E-state index contributed by atoms with van der Waals surface area (Å²) in [6.07, 6.45) is 5.11. The van der Waals surface area contributed by atoms with Crippen molar-refractivity contribution in [3.63, 3.8) is 0 Å². The summed E-state index contributed by atoms with van der Waals surface area (Å²) < 4.78 is 0. The van der Waals surface area contributed by atoms with Gasteiger partial charge in [0.25, 0.3) is 0 Å². The fourth-order valence-corrected chi connectivity index (χ4v) is 3.14. The quantitative estimate of drug-likeness (QED) is 0.885. The standard InChI is InChI=1S/C18H30N2/c1-15(2)20-13-6-9-18(11-14-20)19-12-10-17-8-5-4-7-16(17)3/h4-5,7-8,15,18-19H,6,9-14H2,1-3H3. The SMILES string of the molecule is Cc1ccccc1CCNC1CCCN(C(C)C)CC1. The van der Waals surface area contributed by atoms with Gasteiger partial charge in [0, 0.05) is 12.1 Å². The van der Waals surface area contributed by atoms with E-state index in [2.05, 4.69) is 55.3 Å². The molecule has 0 spiro atoms. The Morgan fingerprint density at radius 2 is 2.00 bits per heavy atom. The van der Waals surface area contributed by atoms with Gasteiger partial charge in [0.1, 0.15) is 0 Å². The molecule has 2 nitrogen and oxygen atoms in total. The number of hydrogen-bond donors (Lipinski definition) is 1.